The molecule has 0 aromatic heterocycles. The quantitative estimate of drug-likeness (QED) is 0.720. The van der Waals surface area contributed by atoms with Crippen LogP contribution < -0.4 is 0 Å². The molecule has 0 aliphatic carbocycles. The Labute approximate surface area is 85.4 Å². The van der Waals surface area contributed by atoms with Gasteiger partial charge in [0.25, 0.3) is 0 Å². The Balaban J connectivity index is 2.68. The van der Waals surface area contributed by atoms with E-state index in [1.807, 2.05) is 36.4 Å². The summed E-state index contributed by atoms with van der Waals surface area (Å²) in [6.07, 6.45) is 6.00. The summed E-state index contributed by atoms with van der Waals surface area (Å²) in [4.78, 5) is 0. The fraction of sp³-hybridized carbons (Fsp3) is 0.231. The third-order valence-electron chi connectivity index (χ3n) is 1.99. The summed E-state index contributed by atoms with van der Waals surface area (Å²) in [7, 11) is 0. The zero-order chi connectivity index (χ0) is 10.4. The molecule has 0 saturated heterocycles. The van der Waals surface area contributed by atoms with Crippen molar-refractivity contribution >= 4 is 6.08 Å². The Bertz CT molecular complexity index is 309. The molecular weight excluding hydrogens is 172 g/mol. The van der Waals surface area contributed by atoms with E-state index in [-0.39, 0.29) is 0 Å². The van der Waals surface area contributed by atoms with Crippen LogP contribution in [0.1, 0.15) is 18.9 Å². The Hall–Kier alpha value is -1.34. The van der Waals surface area contributed by atoms with Crippen LogP contribution in [0.3, 0.4) is 0 Å². The van der Waals surface area contributed by atoms with Crippen molar-refractivity contribution in [3.8, 4) is 0 Å². The average molecular weight is 188 g/mol. The summed E-state index contributed by atoms with van der Waals surface area (Å²) in [6.45, 7) is 5.38. The fourth-order valence-corrected chi connectivity index (χ4v) is 1.20. The lowest BCUT2D eigenvalue weighted by molar-refractivity contribution is 0.116. The van der Waals surface area contributed by atoms with Gasteiger partial charge in [-0.2, -0.15) is 0 Å². The molecular formula is C13H16O. The SMILES string of the molecule is C=CC[C@](C)(O)/C=C/c1ccccc1. The van der Waals surface area contributed by atoms with Gasteiger partial charge in [0.1, 0.15) is 0 Å². The number of benzene rings is 1. The molecule has 1 aromatic rings. The maximum atomic E-state index is 9.82. The van der Waals surface area contributed by atoms with Crippen molar-refractivity contribution in [2.45, 2.75) is 18.9 Å². The molecule has 0 radical (unpaired) electrons. The van der Waals surface area contributed by atoms with E-state index < -0.39 is 5.60 Å². The van der Waals surface area contributed by atoms with E-state index in [1.165, 1.54) is 0 Å². The topological polar surface area (TPSA) is 20.2 Å². The summed E-state index contributed by atoms with van der Waals surface area (Å²) in [5.41, 5.74) is 0.300. The molecule has 74 valence electrons. The maximum absolute atomic E-state index is 9.82. The standard InChI is InChI=1S/C13H16O/c1-3-10-13(2,14)11-9-12-7-5-4-6-8-12/h3-9,11,14H,1,10H2,2H3/b11-9+/t13-/m0/s1. The van der Waals surface area contributed by atoms with E-state index in [9.17, 15) is 5.11 Å². The van der Waals surface area contributed by atoms with Crippen LogP contribution in [-0.2, 0) is 0 Å². The van der Waals surface area contributed by atoms with Crippen molar-refractivity contribution < 1.29 is 5.11 Å². The number of hydrogen-bond acceptors (Lipinski definition) is 1. The van der Waals surface area contributed by atoms with Crippen LogP contribution in [0.4, 0.5) is 0 Å². The third-order valence-corrected chi connectivity index (χ3v) is 1.99. The summed E-state index contributed by atoms with van der Waals surface area (Å²) < 4.78 is 0. The van der Waals surface area contributed by atoms with Gasteiger partial charge in [0.2, 0.25) is 0 Å². The summed E-state index contributed by atoms with van der Waals surface area (Å²) in [5.74, 6) is 0. The highest BCUT2D eigenvalue weighted by Gasteiger charge is 2.12. The van der Waals surface area contributed by atoms with Crippen molar-refractivity contribution in [1.29, 1.82) is 0 Å². The minimum absolute atomic E-state index is 0.566. The van der Waals surface area contributed by atoms with E-state index in [4.69, 9.17) is 0 Å². The lowest BCUT2D eigenvalue weighted by atomic mass is 10.0. The first kappa shape index (κ1) is 10.7. The Morgan fingerprint density at radius 2 is 2.00 bits per heavy atom. The molecule has 1 rings (SSSR count). The van der Waals surface area contributed by atoms with E-state index in [0.29, 0.717) is 6.42 Å². The molecule has 0 spiro atoms. The predicted molar refractivity (Wildman–Crippen MR) is 60.9 cm³/mol. The second-order valence-corrected chi connectivity index (χ2v) is 3.59. The van der Waals surface area contributed by atoms with Crippen LogP contribution >= 0.6 is 0 Å². The van der Waals surface area contributed by atoms with Gasteiger partial charge in [-0.05, 0) is 18.9 Å². The molecule has 0 unspecified atom stereocenters. The molecule has 1 N–H and O–H groups in total. The van der Waals surface area contributed by atoms with E-state index in [1.54, 1.807) is 19.1 Å². The molecule has 1 nitrogen and oxygen atoms in total. The number of rotatable bonds is 4. The summed E-state index contributed by atoms with van der Waals surface area (Å²) >= 11 is 0. The van der Waals surface area contributed by atoms with E-state index >= 15 is 0 Å². The van der Waals surface area contributed by atoms with Crippen molar-refractivity contribution in [3.63, 3.8) is 0 Å². The van der Waals surface area contributed by atoms with Crippen molar-refractivity contribution in [2.75, 3.05) is 0 Å². The number of aliphatic hydroxyl groups is 1. The minimum Gasteiger partial charge on any atom is -0.386 e. The van der Waals surface area contributed by atoms with Crippen molar-refractivity contribution in [1.82, 2.24) is 0 Å². The molecule has 0 bridgehead atoms. The molecule has 1 aromatic carbocycles. The monoisotopic (exact) mass is 188 g/mol. The molecule has 0 aliphatic rings. The first-order chi connectivity index (χ1) is 6.64. The Kier molecular flexibility index (Phi) is 3.66. The van der Waals surface area contributed by atoms with Gasteiger partial charge in [0, 0.05) is 0 Å². The highest BCUT2D eigenvalue weighted by molar-refractivity contribution is 5.50. The molecule has 0 aliphatic heterocycles. The highest BCUT2D eigenvalue weighted by atomic mass is 16.3. The van der Waals surface area contributed by atoms with Crippen LogP contribution in [0, 0.1) is 0 Å². The molecule has 14 heavy (non-hydrogen) atoms. The second-order valence-electron chi connectivity index (χ2n) is 3.59. The lowest BCUT2D eigenvalue weighted by Crippen LogP contribution is -2.18. The third kappa shape index (κ3) is 3.58. The van der Waals surface area contributed by atoms with Crippen LogP contribution in [0.5, 0.6) is 0 Å². The van der Waals surface area contributed by atoms with Crippen LogP contribution in [0.2, 0.25) is 0 Å². The minimum atomic E-state index is -0.794. The predicted octanol–water partition coefficient (Wildman–Crippen LogP) is 3.03. The van der Waals surface area contributed by atoms with Gasteiger partial charge < -0.3 is 5.11 Å². The van der Waals surface area contributed by atoms with Crippen molar-refractivity contribution in [2.24, 2.45) is 0 Å². The molecule has 1 heteroatoms. The van der Waals surface area contributed by atoms with Gasteiger partial charge in [-0.1, -0.05) is 48.6 Å². The molecule has 0 heterocycles. The van der Waals surface area contributed by atoms with Crippen LogP contribution in [-0.4, -0.2) is 10.7 Å². The normalized spacial score (nSPS) is 15.3. The van der Waals surface area contributed by atoms with E-state index in [2.05, 4.69) is 6.58 Å². The second kappa shape index (κ2) is 4.77. The van der Waals surface area contributed by atoms with Crippen molar-refractivity contribution in [3.05, 3.63) is 54.6 Å². The molecule has 0 fully saturated rings. The zero-order valence-electron chi connectivity index (χ0n) is 8.48. The smallest absolute Gasteiger partial charge is 0.0837 e. The highest BCUT2D eigenvalue weighted by Crippen LogP contribution is 2.13. The lowest BCUT2D eigenvalue weighted by Gasteiger charge is -2.15. The maximum Gasteiger partial charge on any atom is 0.0837 e. The summed E-state index contributed by atoms with van der Waals surface area (Å²) in [5, 5.41) is 9.82. The van der Waals surface area contributed by atoms with Gasteiger partial charge in [0.05, 0.1) is 5.60 Å². The van der Waals surface area contributed by atoms with Gasteiger partial charge in [-0.25, -0.2) is 0 Å². The summed E-state index contributed by atoms with van der Waals surface area (Å²) in [6, 6.07) is 9.92. The average Bonchev–Trinajstić information content (AvgIpc) is 2.17. The van der Waals surface area contributed by atoms with E-state index in [0.717, 1.165) is 5.56 Å². The fourth-order valence-electron chi connectivity index (χ4n) is 1.20. The Morgan fingerprint density at radius 1 is 1.36 bits per heavy atom. The number of hydrogen-bond donors (Lipinski definition) is 1. The first-order valence-corrected chi connectivity index (χ1v) is 4.72. The molecule has 1 atom stereocenters. The largest absolute Gasteiger partial charge is 0.386 e. The molecule has 0 saturated carbocycles. The van der Waals surface area contributed by atoms with Crippen LogP contribution in [0.25, 0.3) is 6.08 Å². The van der Waals surface area contributed by atoms with Gasteiger partial charge in [0.15, 0.2) is 0 Å². The zero-order valence-corrected chi connectivity index (χ0v) is 8.48. The molecule has 0 amide bonds. The van der Waals surface area contributed by atoms with Gasteiger partial charge >= 0.3 is 0 Å². The Morgan fingerprint density at radius 3 is 2.57 bits per heavy atom. The van der Waals surface area contributed by atoms with Crippen LogP contribution in [0.15, 0.2) is 49.1 Å². The van der Waals surface area contributed by atoms with Gasteiger partial charge in [-0.15, -0.1) is 6.58 Å². The van der Waals surface area contributed by atoms with Gasteiger partial charge in [-0.3, -0.25) is 0 Å². The first-order valence-electron chi connectivity index (χ1n) is 4.72.